The molecule has 0 saturated carbocycles. The van der Waals surface area contributed by atoms with E-state index in [1.54, 1.807) is 20.8 Å². The predicted molar refractivity (Wildman–Crippen MR) is 139 cm³/mol. The number of pyridine rings is 1. The fourth-order valence-corrected chi connectivity index (χ4v) is 3.62. The molecule has 0 atom stereocenters. The van der Waals surface area contributed by atoms with Crippen molar-refractivity contribution in [1.82, 2.24) is 4.98 Å². The number of hydrogen-bond donors (Lipinski definition) is 2. The normalized spacial score (nSPS) is 11.1. The molecule has 2 N–H and O–H groups in total. The fourth-order valence-electron chi connectivity index (χ4n) is 3.62. The quantitative estimate of drug-likeness (QED) is 0.333. The second-order valence-corrected chi connectivity index (χ2v) is 9.08. The van der Waals surface area contributed by atoms with Gasteiger partial charge in [0.15, 0.2) is 5.75 Å². The van der Waals surface area contributed by atoms with Gasteiger partial charge in [-0.05, 0) is 49.1 Å². The summed E-state index contributed by atoms with van der Waals surface area (Å²) in [5.41, 5.74) is 2.82. The van der Waals surface area contributed by atoms with Crippen LogP contribution in [0.2, 0.25) is 0 Å². The Labute approximate surface area is 204 Å². The van der Waals surface area contributed by atoms with E-state index in [0.717, 1.165) is 16.7 Å². The number of nitrogens with one attached hydrogen (secondary N) is 2. The molecule has 0 unspecified atom stereocenters. The Morgan fingerprint density at radius 2 is 1.49 bits per heavy atom. The first kappa shape index (κ1) is 23.8. The molecule has 0 fully saturated rings. The SMILES string of the molecule is CC(C)(C)OC(=O)Nc1[nH]cc(OCc2ccccc2)c(=O)c1-c1cccc(-c2ccccc2)c1. The van der Waals surface area contributed by atoms with Crippen LogP contribution in [0.15, 0.2) is 95.9 Å². The molecule has 178 valence electrons. The van der Waals surface area contributed by atoms with E-state index >= 15 is 0 Å². The van der Waals surface area contributed by atoms with E-state index in [4.69, 9.17) is 9.47 Å². The zero-order chi connectivity index (χ0) is 24.8. The summed E-state index contributed by atoms with van der Waals surface area (Å²) in [6, 6.07) is 27.1. The number of benzene rings is 3. The number of aromatic nitrogens is 1. The van der Waals surface area contributed by atoms with E-state index in [1.165, 1.54) is 6.20 Å². The van der Waals surface area contributed by atoms with Crippen molar-refractivity contribution >= 4 is 11.9 Å². The van der Waals surface area contributed by atoms with Crippen molar-refractivity contribution in [3.63, 3.8) is 0 Å². The summed E-state index contributed by atoms with van der Waals surface area (Å²) in [5, 5.41) is 2.69. The monoisotopic (exact) mass is 468 g/mol. The van der Waals surface area contributed by atoms with Crippen LogP contribution in [0.1, 0.15) is 26.3 Å². The molecule has 0 saturated heterocycles. The highest BCUT2D eigenvalue weighted by molar-refractivity contribution is 5.90. The predicted octanol–water partition coefficient (Wildman–Crippen LogP) is 6.63. The van der Waals surface area contributed by atoms with Gasteiger partial charge in [0, 0.05) is 6.20 Å². The van der Waals surface area contributed by atoms with Crippen molar-refractivity contribution in [3.8, 4) is 28.0 Å². The van der Waals surface area contributed by atoms with Gasteiger partial charge in [-0.15, -0.1) is 0 Å². The smallest absolute Gasteiger partial charge is 0.413 e. The molecule has 1 amide bonds. The van der Waals surface area contributed by atoms with Gasteiger partial charge >= 0.3 is 6.09 Å². The van der Waals surface area contributed by atoms with Crippen LogP contribution >= 0.6 is 0 Å². The zero-order valence-electron chi connectivity index (χ0n) is 20.0. The molecule has 0 bridgehead atoms. The Morgan fingerprint density at radius 3 is 2.17 bits per heavy atom. The molecular formula is C29H28N2O4. The first-order chi connectivity index (χ1) is 16.8. The Morgan fingerprint density at radius 1 is 0.857 bits per heavy atom. The van der Waals surface area contributed by atoms with Crippen LogP contribution in [0.25, 0.3) is 22.3 Å². The molecule has 0 aliphatic carbocycles. The molecule has 0 aliphatic rings. The van der Waals surface area contributed by atoms with Gasteiger partial charge in [0.05, 0.1) is 5.56 Å². The first-order valence-corrected chi connectivity index (χ1v) is 11.4. The number of ether oxygens (including phenoxy) is 2. The van der Waals surface area contributed by atoms with Crippen molar-refractivity contribution in [3.05, 3.63) is 107 Å². The van der Waals surface area contributed by atoms with Crippen LogP contribution < -0.4 is 15.5 Å². The largest absolute Gasteiger partial charge is 0.483 e. The van der Waals surface area contributed by atoms with Crippen molar-refractivity contribution in [2.75, 3.05) is 5.32 Å². The number of aromatic amines is 1. The zero-order valence-corrected chi connectivity index (χ0v) is 20.0. The summed E-state index contributed by atoms with van der Waals surface area (Å²) >= 11 is 0. The number of amides is 1. The van der Waals surface area contributed by atoms with Crippen LogP contribution in [0, 0.1) is 0 Å². The van der Waals surface area contributed by atoms with Crippen LogP contribution in [0.5, 0.6) is 5.75 Å². The lowest BCUT2D eigenvalue weighted by molar-refractivity contribution is 0.0635. The molecule has 0 radical (unpaired) electrons. The van der Waals surface area contributed by atoms with Gasteiger partial charge in [-0.3, -0.25) is 10.1 Å². The van der Waals surface area contributed by atoms with Crippen LogP contribution in [0.4, 0.5) is 10.6 Å². The number of rotatable bonds is 6. The van der Waals surface area contributed by atoms with Gasteiger partial charge in [-0.2, -0.15) is 0 Å². The highest BCUT2D eigenvalue weighted by Crippen LogP contribution is 2.30. The summed E-state index contributed by atoms with van der Waals surface area (Å²) < 4.78 is 11.3. The number of anilines is 1. The van der Waals surface area contributed by atoms with Crippen LogP contribution in [-0.2, 0) is 11.3 Å². The average molecular weight is 469 g/mol. The molecule has 1 heterocycles. The molecule has 4 rings (SSSR count). The third kappa shape index (κ3) is 6.18. The molecule has 6 heteroatoms. The number of carbonyl (C=O) groups is 1. The second kappa shape index (κ2) is 10.3. The van der Waals surface area contributed by atoms with E-state index in [0.29, 0.717) is 11.1 Å². The van der Waals surface area contributed by atoms with E-state index < -0.39 is 11.7 Å². The molecule has 0 spiro atoms. The van der Waals surface area contributed by atoms with Gasteiger partial charge in [0.25, 0.3) is 0 Å². The average Bonchev–Trinajstić information content (AvgIpc) is 2.84. The minimum atomic E-state index is -0.684. The van der Waals surface area contributed by atoms with Gasteiger partial charge in [0.2, 0.25) is 5.43 Å². The van der Waals surface area contributed by atoms with Crippen molar-refractivity contribution in [2.24, 2.45) is 0 Å². The standard InChI is InChI=1S/C29H28N2O4/c1-29(2,3)35-28(33)31-27-25(23-16-10-15-22(17-23)21-13-8-5-9-14-21)26(32)24(18-30-27)34-19-20-11-6-4-7-12-20/h4-18H,19H2,1-3H3,(H2,30,31,32,33). The second-order valence-electron chi connectivity index (χ2n) is 9.08. The minimum absolute atomic E-state index is 0.156. The maximum absolute atomic E-state index is 13.6. The van der Waals surface area contributed by atoms with Crippen LogP contribution in [0.3, 0.4) is 0 Å². The third-order valence-electron chi connectivity index (χ3n) is 5.17. The van der Waals surface area contributed by atoms with Crippen molar-refractivity contribution in [2.45, 2.75) is 33.0 Å². The third-order valence-corrected chi connectivity index (χ3v) is 5.17. The topological polar surface area (TPSA) is 80.4 Å². The van der Waals surface area contributed by atoms with Gasteiger partial charge in [-0.1, -0.05) is 78.9 Å². The van der Waals surface area contributed by atoms with Crippen molar-refractivity contribution < 1.29 is 14.3 Å². The lowest BCUT2D eigenvalue weighted by atomic mass is 9.99. The molecule has 1 aromatic heterocycles. The lowest BCUT2D eigenvalue weighted by Crippen LogP contribution is -2.28. The maximum atomic E-state index is 13.6. The number of H-pyrrole nitrogens is 1. The van der Waals surface area contributed by atoms with Crippen LogP contribution in [-0.4, -0.2) is 16.7 Å². The Hall–Kier alpha value is -4.32. The van der Waals surface area contributed by atoms with E-state index in [2.05, 4.69) is 10.3 Å². The highest BCUT2D eigenvalue weighted by Gasteiger charge is 2.21. The minimum Gasteiger partial charge on any atom is -0.483 e. The first-order valence-electron chi connectivity index (χ1n) is 11.4. The summed E-state index contributed by atoms with van der Waals surface area (Å²) in [4.78, 5) is 29.1. The number of carbonyl (C=O) groups excluding carboxylic acids is 1. The molecule has 0 aliphatic heterocycles. The Bertz CT molecular complexity index is 1360. The lowest BCUT2D eigenvalue weighted by Gasteiger charge is -2.20. The van der Waals surface area contributed by atoms with Gasteiger partial charge < -0.3 is 14.5 Å². The molecule has 4 aromatic rings. The summed E-state index contributed by atoms with van der Waals surface area (Å²) in [6.45, 7) is 5.58. The maximum Gasteiger partial charge on any atom is 0.413 e. The summed E-state index contributed by atoms with van der Waals surface area (Å²) in [7, 11) is 0. The fraction of sp³-hybridized carbons (Fsp3) is 0.172. The Balaban J connectivity index is 1.74. The summed E-state index contributed by atoms with van der Waals surface area (Å²) in [5.74, 6) is 0.394. The summed E-state index contributed by atoms with van der Waals surface area (Å²) in [6.07, 6.45) is 0.800. The van der Waals surface area contributed by atoms with Gasteiger partial charge in [0.1, 0.15) is 18.0 Å². The molecule has 35 heavy (non-hydrogen) atoms. The van der Waals surface area contributed by atoms with Crippen molar-refractivity contribution in [1.29, 1.82) is 0 Å². The van der Waals surface area contributed by atoms with Gasteiger partial charge in [-0.25, -0.2) is 4.79 Å². The van der Waals surface area contributed by atoms with E-state index in [-0.39, 0.29) is 23.6 Å². The molecule has 6 nitrogen and oxygen atoms in total. The van der Waals surface area contributed by atoms with E-state index in [1.807, 2.05) is 84.9 Å². The number of hydrogen-bond acceptors (Lipinski definition) is 4. The Kier molecular flexibility index (Phi) is 7.01. The molecule has 3 aromatic carbocycles. The molecular weight excluding hydrogens is 440 g/mol. The highest BCUT2D eigenvalue weighted by atomic mass is 16.6. The van der Waals surface area contributed by atoms with E-state index in [9.17, 15) is 9.59 Å².